The smallest absolute Gasteiger partial charge is 0.201 e. The zero-order chi connectivity index (χ0) is 17.1. The maximum atomic E-state index is 11.6. The van der Waals surface area contributed by atoms with Crippen LogP contribution < -0.4 is 0 Å². The Morgan fingerprint density at radius 3 is 2.67 bits per heavy atom. The second kappa shape index (κ2) is 4.28. The first kappa shape index (κ1) is 15.8. The molecule has 0 radical (unpaired) electrons. The summed E-state index contributed by atoms with van der Waals surface area (Å²) in [6.45, 7) is 9.11. The lowest BCUT2D eigenvalue weighted by Crippen LogP contribution is -2.81. The summed E-state index contributed by atoms with van der Waals surface area (Å²) in [5.74, 6) is -1.15. The zero-order valence-electron chi connectivity index (χ0n) is 14.8. The van der Waals surface area contributed by atoms with Crippen LogP contribution >= 0.6 is 0 Å². The molecule has 3 N–H and O–H groups in total. The van der Waals surface area contributed by atoms with Crippen molar-refractivity contribution in [3.63, 3.8) is 0 Å². The average Bonchev–Trinajstić information content (AvgIpc) is 2.71. The van der Waals surface area contributed by atoms with Gasteiger partial charge in [0.15, 0.2) is 0 Å². The minimum absolute atomic E-state index is 0.0194. The van der Waals surface area contributed by atoms with Gasteiger partial charge >= 0.3 is 0 Å². The summed E-state index contributed by atoms with van der Waals surface area (Å²) >= 11 is 0. The van der Waals surface area contributed by atoms with Crippen LogP contribution in [0.2, 0.25) is 0 Å². The van der Waals surface area contributed by atoms with Crippen molar-refractivity contribution in [3.8, 4) is 0 Å². The summed E-state index contributed by atoms with van der Waals surface area (Å²) in [5, 5.41) is 34.1. The van der Waals surface area contributed by atoms with Crippen molar-refractivity contribution in [1.29, 1.82) is 0 Å². The fourth-order valence-corrected chi connectivity index (χ4v) is 8.17. The number of ether oxygens (including phenoxy) is 1. The topological polar surface area (TPSA) is 69.9 Å². The highest BCUT2D eigenvalue weighted by Crippen LogP contribution is 2.77. The summed E-state index contributed by atoms with van der Waals surface area (Å²) in [4.78, 5) is 0. The van der Waals surface area contributed by atoms with Crippen LogP contribution in [-0.4, -0.2) is 39.9 Å². The number of fused-ring (bicyclic) bond motifs is 2. The molecule has 4 aliphatic carbocycles. The Hall–Kier alpha value is -0.420. The summed E-state index contributed by atoms with van der Waals surface area (Å²) in [6, 6.07) is 0. The highest BCUT2D eigenvalue weighted by Gasteiger charge is 2.82. The van der Waals surface area contributed by atoms with Gasteiger partial charge in [-0.1, -0.05) is 26.8 Å². The van der Waals surface area contributed by atoms with Crippen LogP contribution in [0.1, 0.15) is 52.4 Å². The van der Waals surface area contributed by atoms with Gasteiger partial charge in [-0.15, -0.1) is 0 Å². The van der Waals surface area contributed by atoms with Crippen LogP contribution in [0.25, 0.3) is 0 Å². The molecule has 4 heteroatoms. The monoisotopic (exact) mass is 334 g/mol. The Labute approximate surface area is 143 Å². The van der Waals surface area contributed by atoms with E-state index in [2.05, 4.69) is 20.4 Å². The van der Waals surface area contributed by atoms with Crippen LogP contribution in [-0.2, 0) is 4.74 Å². The summed E-state index contributed by atoms with van der Waals surface area (Å²) in [5.41, 5.74) is -0.0667. The second-order valence-corrected chi connectivity index (χ2v) is 10.0. The molecule has 0 aromatic carbocycles. The number of hydrogen-bond donors (Lipinski definition) is 3. The molecule has 6 fully saturated rings. The van der Waals surface area contributed by atoms with E-state index in [1.165, 1.54) is 0 Å². The Morgan fingerprint density at radius 1 is 1.17 bits per heavy atom. The molecule has 134 valence electrons. The molecule has 2 spiro atoms. The van der Waals surface area contributed by atoms with Gasteiger partial charge in [0.05, 0.1) is 18.1 Å². The summed E-state index contributed by atoms with van der Waals surface area (Å²) < 4.78 is 6.04. The largest absolute Gasteiger partial charge is 0.388 e. The lowest BCUT2D eigenvalue weighted by Gasteiger charge is -2.74. The number of aliphatic hydroxyl groups is 3. The van der Waals surface area contributed by atoms with Gasteiger partial charge in [-0.2, -0.15) is 0 Å². The fraction of sp³-hybridized carbons (Fsp3) is 0.900. The van der Waals surface area contributed by atoms with E-state index in [1.807, 2.05) is 0 Å². The molecule has 0 aromatic heterocycles. The molecule has 0 aromatic rings. The molecular weight excluding hydrogens is 304 g/mol. The van der Waals surface area contributed by atoms with Gasteiger partial charge in [-0.05, 0) is 54.9 Å². The van der Waals surface area contributed by atoms with Gasteiger partial charge in [-0.3, -0.25) is 0 Å². The first-order chi connectivity index (χ1) is 11.2. The Bertz CT molecular complexity index is 615. The van der Waals surface area contributed by atoms with Crippen LogP contribution in [0.15, 0.2) is 12.2 Å². The predicted molar refractivity (Wildman–Crippen MR) is 88.9 cm³/mol. The van der Waals surface area contributed by atoms with Crippen LogP contribution in [0.3, 0.4) is 0 Å². The zero-order valence-corrected chi connectivity index (χ0v) is 14.8. The molecule has 4 bridgehead atoms. The lowest BCUT2D eigenvalue weighted by atomic mass is 9.36. The van der Waals surface area contributed by atoms with Crippen molar-refractivity contribution in [2.45, 2.75) is 70.4 Å². The molecule has 0 amide bonds. The van der Waals surface area contributed by atoms with E-state index in [0.29, 0.717) is 13.0 Å². The van der Waals surface area contributed by atoms with Gasteiger partial charge in [0.1, 0.15) is 6.10 Å². The second-order valence-electron chi connectivity index (χ2n) is 10.0. The molecule has 2 heterocycles. The van der Waals surface area contributed by atoms with Gasteiger partial charge in [-0.25, -0.2) is 0 Å². The van der Waals surface area contributed by atoms with Crippen LogP contribution in [0.5, 0.6) is 0 Å². The third-order valence-corrected chi connectivity index (χ3v) is 8.94. The van der Waals surface area contributed by atoms with E-state index in [1.54, 1.807) is 0 Å². The molecule has 24 heavy (non-hydrogen) atoms. The SMILES string of the molecule is C=C1[C@@H]2CC[C@H]3[C@]45CCCC(C)(C)[C@H]4[C@H](O)[C@@](O)(OC5)[C@]3(C2)[C@@H]1O. The fourth-order valence-electron chi connectivity index (χ4n) is 8.17. The van der Waals surface area contributed by atoms with Crippen molar-refractivity contribution in [1.82, 2.24) is 0 Å². The summed E-state index contributed by atoms with van der Waals surface area (Å²) in [7, 11) is 0. The minimum atomic E-state index is -1.64. The third-order valence-electron chi connectivity index (χ3n) is 8.94. The molecule has 4 nitrogen and oxygen atoms in total. The van der Waals surface area contributed by atoms with E-state index in [0.717, 1.165) is 37.7 Å². The third kappa shape index (κ3) is 1.37. The lowest BCUT2D eigenvalue weighted by molar-refractivity contribution is -0.456. The van der Waals surface area contributed by atoms with E-state index in [4.69, 9.17) is 4.74 Å². The molecule has 0 unspecified atom stereocenters. The quantitative estimate of drug-likeness (QED) is 0.594. The minimum Gasteiger partial charge on any atom is -0.388 e. The Kier molecular flexibility index (Phi) is 2.82. The standard InChI is InChI=1S/C20H30O4/c1-11-12-5-6-13-18-8-4-7-17(2,3)14(18)16(22)20(23,24-10-18)19(13,9-12)15(11)21/h12-16,21-23H,1,4-10H2,2-3H3/t12-,13+,14-,15-,16+,18-,19+,20-/m1/s1. The average molecular weight is 334 g/mol. The Morgan fingerprint density at radius 2 is 1.92 bits per heavy atom. The van der Waals surface area contributed by atoms with Crippen molar-refractivity contribution in [3.05, 3.63) is 12.2 Å². The maximum absolute atomic E-state index is 11.6. The molecule has 2 saturated heterocycles. The maximum Gasteiger partial charge on any atom is 0.201 e. The molecule has 6 rings (SSSR count). The van der Waals surface area contributed by atoms with Gasteiger partial charge in [0.2, 0.25) is 5.79 Å². The molecule has 6 aliphatic rings. The van der Waals surface area contributed by atoms with Crippen molar-refractivity contribution in [2.75, 3.05) is 6.61 Å². The highest BCUT2D eigenvalue weighted by molar-refractivity contribution is 5.34. The van der Waals surface area contributed by atoms with E-state index >= 15 is 0 Å². The number of rotatable bonds is 0. The van der Waals surface area contributed by atoms with Crippen LogP contribution in [0, 0.1) is 34.0 Å². The van der Waals surface area contributed by atoms with Crippen molar-refractivity contribution >= 4 is 0 Å². The first-order valence-electron chi connectivity index (χ1n) is 9.62. The summed E-state index contributed by atoms with van der Waals surface area (Å²) in [6.07, 6.45) is 4.30. The van der Waals surface area contributed by atoms with Crippen molar-refractivity contribution < 1.29 is 20.1 Å². The first-order valence-corrected chi connectivity index (χ1v) is 9.62. The van der Waals surface area contributed by atoms with Gasteiger partial charge < -0.3 is 20.1 Å². The van der Waals surface area contributed by atoms with E-state index < -0.39 is 23.4 Å². The van der Waals surface area contributed by atoms with Crippen LogP contribution in [0.4, 0.5) is 0 Å². The van der Waals surface area contributed by atoms with E-state index in [-0.39, 0.29) is 28.6 Å². The molecule has 2 aliphatic heterocycles. The molecule has 8 atom stereocenters. The highest BCUT2D eigenvalue weighted by atomic mass is 16.6. The van der Waals surface area contributed by atoms with Crippen molar-refractivity contribution in [2.24, 2.45) is 34.0 Å². The number of aliphatic hydroxyl groups excluding tert-OH is 2. The molecular formula is C20H30O4. The Balaban J connectivity index is 1.75. The van der Waals surface area contributed by atoms with E-state index in [9.17, 15) is 15.3 Å². The van der Waals surface area contributed by atoms with Gasteiger partial charge in [0.25, 0.3) is 0 Å². The molecule has 4 saturated carbocycles. The number of hydrogen-bond acceptors (Lipinski definition) is 4. The predicted octanol–water partition coefficient (Wildman–Crippen LogP) is 2.23. The normalized spacial score (nSPS) is 60.7. The van der Waals surface area contributed by atoms with Gasteiger partial charge in [0, 0.05) is 11.3 Å².